The number of nitrogens with zero attached hydrogens (tertiary/aromatic N) is 2. The Kier molecular flexibility index (Phi) is 6.95. The Bertz CT molecular complexity index is 854. The van der Waals surface area contributed by atoms with Gasteiger partial charge in [-0.3, -0.25) is 9.59 Å². The Morgan fingerprint density at radius 3 is 2.43 bits per heavy atom. The molecule has 0 unspecified atom stereocenters. The fraction of sp³-hybridized carbons (Fsp3) is 0.556. The van der Waals surface area contributed by atoms with Gasteiger partial charge >= 0.3 is 0 Å². The van der Waals surface area contributed by atoms with Gasteiger partial charge in [-0.25, -0.2) is 8.42 Å². The Labute approximate surface area is 169 Å². The van der Waals surface area contributed by atoms with Crippen molar-refractivity contribution in [2.45, 2.75) is 18.2 Å². The molecule has 156 valence electrons. The number of amides is 1. The summed E-state index contributed by atoms with van der Waals surface area (Å²) < 4.78 is 30.1. The lowest BCUT2D eigenvalue weighted by atomic mass is 10.00. The third-order valence-corrected chi connectivity index (χ3v) is 7.47. The fourth-order valence-electron chi connectivity index (χ4n) is 3.75. The molecule has 3 atom stereocenters. The number of carbonyl (C=O) groups is 2. The van der Waals surface area contributed by atoms with Gasteiger partial charge in [0.1, 0.15) is 5.75 Å². The standard InChI is InChI=1S/C16H21ClN2O4S.C2H4O2/c1-18(2)13-9-24(21,22)15-8-19(7-12(13)15)16(20)11-6-10(17)4-5-14(11)23-3;1-2(3)4/h4-6,12-13,15H,7-9H2,1-3H3;1H3,(H,3,4)/t12-,13+,15-;/m0./s1. The van der Waals surface area contributed by atoms with E-state index in [1.165, 1.54) is 7.11 Å². The number of carboxylic acid groups (broad SMARTS) is 1. The molecule has 1 amide bonds. The first-order valence-corrected chi connectivity index (χ1v) is 10.8. The number of hydrogen-bond acceptors (Lipinski definition) is 6. The lowest BCUT2D eigenvalue weighted by Crippen LogP contribution is -2.38. The number of carbonyl (C=O) groups excluding carboxylic acids is 1. The van der Waals surface area contributed by atoms with Crippen LogP contribution in [0.4, 0.5) is 0 Å². The van der Waals surface area contributed by atoms with Crippen molar-refractivity contribution in [2.75, 3.05) is 40.0 Å². The number of hydrogen-bond donors (Lipinski definition) is 1. The second-order valence-corrected chi connectivity index (χ2v) is 9.84. The zero-order chi connectivity index (χ0) is 21.2. The molecule has 0 spiro atoms. The molecule has 2 aliphatic heterocycles. The normalized spacial score (nSPS) is 25.1. The van der Waals surface area contributed by atoms with Crippen molar-refractivity contribution in [3.8, 4) is 5.75 Å². The van der Waals surface area contributed by atoms with E-state index in [2.05, 4.69) is 0 Å². The summed E-state index contributed by atoms with van der Waals surface area (Å²) in [5, 5.41) is 7.37. The van der Waals surface area contributed by atoms with E-state index < -0.39 is 21.1 Å². The maximum absolute atomic E-state index is 12.9. The molecule has 0 aromatic heterocycles. The van der Waals surface area contributed by atoms with Crippen LogP contribution in [0.25, 0.3) is 0 Å². The number of ether oxygens (including phenoxy) is 1. The van der Waals surface area contributed by atoms with Crippen molar-refractivity contribution in [2.24, 2.45) is 5.92 Å². The first-order chi connectivity index (χ1) is 13.0. The van der Waals surface area contributed by atoms with Gasteiger partial charge in [0.2, 0.25) is 0 Å². The summed E-state index contributed by atoms with van der Waals surface area (Å²) in [7, 11) is 2.07. The average Bonchev–Trinajstić information content (AvgIpc) is 3.13. The predicted molar refractivity (Wildman–Crippen MR) is 106 cm³/mol. The van der Waals surface area contributed by atoms with Crippen LogP contribution in [0.2, 0.25) is 5.02 Å². The molecule has 10 heteroatoms. The summed E-state index contributed by atoms with van der Waals surface area (Å²) in [6, 6.07) is 4.81. The molecule has 0 aliphatic carbocycles. The summed E-state index contributed by atoms with van der Waals surface area (Å²) in [6.07, 6.45) is 0. The van der Waals surface area contributed by atoms with Gasteiger partial charge in [0, 0.05) is 37.0 Å². The number of benzene rings is 1. The number of fused-ring (bicyclic) bond motifs is 1. The molecule has 2 saturated heterocycles. The van der Waals surface area contributed by atoms with E-state index in [0.717, 1.165) is 6.92 Å². The smallest absolute Gasteiger partial charge is 0.300 e. The number of likely N-dealkylation sites (tertiary alicyclic amines) is 1. The zero-order valence-corrected chi connectivity index (χ0v) is 17.8. The second-order valence-electron chi connectivity index (χ2n) is 7.14. The van der Waals surface area contributed by atoms with Gasteiger partial charge in [0.15, 0.2) is 9.84 Å². The van der Waals surface area contributed by atoms with Gasteiger partial charge < -0.3 is 19.6 Å². The number of aliphatic carboxylic acids is 1. The summed E-state index contributed by atoms with van der Waals surface area (Å²) in [4.78, 5) is 25.4. The lowest BCUT2D eigenvalue weighted by Gasteiger charge is -2.25. The minimum Gasteiger partial charge on any atom is -0.496 e. The predicted octanol–water partition coefficient (Wildman–Crippen LogP) is 1.24. The largest absolute Gasteiger partial charge is 0.496 e. The van der Waals surface area contributed by atoms with Crippen molar-refractivity contribution in [1.82, 2.24) is 9.80 Å². The fourth-order valence-corrected chi connectivity index (χ4v) is 6.40. The van der Waals surface area contributed by atoms with E-state index in [-0.39, 0.29) is 30.2 Å². The first kappa shape index (κ1) is 22.4. The van der Waals surface area contributed by atoms with Crippen LogP contribution in [-0.4, -0.2) is 86.5 Å². The summed E-state index contributed by atoms with van der Waals surface area (Å²) in [5.74, 6) is -0.526. The number of halogens is 1. The van der Waals surface area contributed by atoms with Crippen molar-refractivity contribution >= 4 is 33.3 Å². The lowest BCUT2D eigenvalue weighted by molar-refractivity contribution is -0.134. The van der Waals surface area contributed by atoms with Crippen LogP contribution in [0.15, 0.2) is 18.2 Å². The van der Waals surface area contributed by atoms with Crippen molar-refractivity contribution in [3.05, 3.63) is 28.8 Å². The topological polar surface area (TPSA) is 104 Å². The number of sulfone groups is 1. The molecule has 8 nitrogen and oxygen atoms in total. The van der Waals surface area contributed by atoms with Crippen LogP contribution in [0.1, 0.15) is 17.3 Å². The molecule has 0 bridgehead atoms. The Morgan fingerprint density at radius 1 is 1.29 bits per heavy atom. The quantitative estimate of drug-likeness (QED) is 0.766. The molecule has 2 aliphatic rings. The van der Waals surface area contributed by atoms with Crippen molar-refractivity contribution in [1.29, 1.82) is 0 Å². The van der Waals surface area contributed by atoms with E-state index in [0.29, 0.717) is 22.9 Å². The molecule has 1 aromatic rings. The van der Waals surface area contributed by atoms with Crippen LogP contribution in [0, 0.1) is 5.92 Å². The van der Waals surface area contributed by atoms with Crippen LogP contribution < -0.4 is 4.74 Å². The van der Waals surface area contributed by atoms with Crippen LogP contribution in [0.5, 0.6) is 5.75 Å². The van der Waals surface area contributed by atoms with Crippen LogP contribution in [0.3, 0.4) is 0 Å². The summed E-state index contributed by atoms with van der Waals surface area (Å²) >= 11 is 6.00. The van der Waals surface area contributed by atoms with E-state index in [1.54, 1.807) is 23.1 Å². The minimum absolute atomic E-state index is 0.0564. The molecule has 2 fully saturated rings. The highest BCUT2D eigenvalue weighted by Crippen LogP contribution is 2.37. The SMILES string of the molecule is CC(=O)O.COc1ccc(Cl)cc1C(=O)N1C[C@H]2[C@H](N(C)C)CS(=O)(=O)[C@H]2C1. The highest BCUT2D eigenvalue weighted by Gasteiger charge is 2.53. The van der Waals surface area contributed by atoms with E-state index >= 15 is 0 Å². The van der Waals surface area contributed by atoms with Gasteiger partial charge in [-0.05, 0) is 32.3 Å². The molecule has 28 heavy (non-hydrogen) atoms. The number of carboxylic acids is 1. The monoisotopic (exact) mass is 432 g/mol. The minimum atomic E-state index is -3.18. The maximum atomic E-state index is 12.9. The molecule has 1 N–H and O–H groups in total. The summed E-state index contributed by atoms with van der Waals surface area (Å²) in [6.45, 7) is 1.74. The molecule has 0 saturated carbocycles. The molecular weight excluding hydrogens is 408 g/mol. The van der Waals surface area contributed by atoms with Crippen molar-refractivity contribution < 1.29 is 27.9 Å². The summed E-state index contributed by atoms with van der Waals surface area (Å²) in [5.41, 5.74) is 0.365. The van der Waals surface area contributed by atoms with Crippen molar-refractivity contribution in [3.63, 3.8) is 0 Å². The third-order valence-electron chi connectivity index (χ3n) is 5.01. The van der Waals surface area contributed by atoms with Gasteiger partial charge in [-0.2, -0.15) is 0 Å². The molecule has 1 aromatic carbocycles. The van der Waals surface area contributed by atoms with E-state index in [1.807, 2.05) is 19.0 Å². The van der Waals surface area contributed by atoms with Gasteiger partial charge in [-0.15, -0.1) is 0 Å². The molecule has 2 heterocycles. The van der Waals surface area contributed by atoms with Crippen LogP contribution >= 0.6 is 11.6 Å². The molecule has 3 rings (SSSR count). The maximum Gasteiger partial charge on any atom is 0.300 e. The molecular formula is C18H25ClN2O6S. The van der Waals surface area contributed by atoms with Gasteiger partial charge in [0.05, 0.1) is 23.7 Å². The first-order valence-electron chi connectivity index (χ1n) is 8.68. The van der Waals surface area contributed by atoms with E-state index in [9.17, 15) is 13.2 Å². The Balaban J connectivity index is 0.000000640. The second kappa shape index (κ2) is 8.67. The highest BCUT2D eigenvalue weighted by molar-refractivity contribution is 7.92. The average molecular weight is 433 g/mol. The number of rotatable bonds is 3. The highest BCUT2D eigenvalue weighted by atomic mass is 35.5. The van der Waals surface area contributed by atoms with Gasteiger partial charge in [0.25, 0.3) is 11.9 Å². The number of methoxy groups -OCH3 is 1. The zero-order valence-electron chi connectivity index (χ0n) is 16.3. The van der Waals surface area contributed by atoms with Gasteiger partial charge in [-0.1, -0.05) is 11.6 Å². The Hall–Kier alpha value is -1.84. The third kappa shape index (κ3) is 4.76. The van der Waals surface area contributed by atoms with E-state index in [4.69, 9.17) is 26.2 Å². The molecule has 0 radical (unpaired) electrons. The van der Waals surface area contributed by atoms with Crippen LogP contribution in [-0.2, 0) is 14.6 Å². The Morgan fingerprint density at radius 2 is 1.89 bits per heavy atom.